The van der Waals surface area contributed by atoms with Crippen LogP contribution in [0.3, 0.4) is 0 Å². The van der Waals surface area contributed by atoms with Gasteiger partial charge in [0.1, 0.15) is 0 Å². The lowest BCUT2D eigenvalue weighted by molar-refractivity contribution is -0.0631. The molecule has 0 aromatic carbocycles. The summed E-state index contributed by atoms with van der Waals surface area (Å²) < 4.78 is 5.66. The summed E-state index contributed by atoms with van der Waals surface area (Å²) in [5, 5.41) is 3.58. The summed E-state index contributed by atoms with van der Waals surface area (Å²) in [6.45, 7) is 14.2. The van der Waals surface area contributed by atoms with Crippen molar-refractivity contribution >= 4 is 0 Å². The second-order valence-corrected chi connectivity index (χ2v) is 5.26. The lowest BCUT2D eigenvalue weighted by atomic mass is 10.1. The second-order valence-electron chi connectivity index (χ2n) is 5.26. The van der Waals surface area contributed by atoms with Crippen molar-refractivity contribution in [2.45, 2.75) is 65.3 Å². The molecule has 3 nitrogen and oxygen atoms in total. The van der Waals surface area contributed by atoms with Crippen LogP contribution in [0.5, 0.6) is 0 Å². The van der Waals surface area contributed by atoms with E-state index < -0.39 is 0 Å². The van der Waals surface area contributed by atoms with Gasteiger partial charge in [-0.05, 0) is 34.1 Å². The molecule has 1 saturated heterocycles. The van der Waals surface area contributed by atoms with E-state index in [-0.39, 0.29) is 0 Å². The summed E-state index contributed by atoms with van der Waals surface area (Å²) >= 11 is 0. The molecule has 1 heterocycles. The van der Waals surface area contributed by atoms with Crippen LogP contribution in [0.15, 0.2) is 0 Å². The zero-order valence-corrected chi connectivity index (χ0v) is 11.5. The molecule has 0 aliphatic carbocycles. The molecule has 0 aromatic heterocycles. The van der Waals surface area contributed by atoms with Crippen LogP contribution in [-0.4, -0.2) is 48.8 Å². The van der Waals surface area contributed by atoms with Gasteiger partial charge in [-0.1, -0.05) is 6.92 Å². The first-order chi connectivity index (χ1) is 7.54. The van der Waals surface area contributed by atoms with Gasteiger partial charge < -0.3 is 10.1 Å². The predicted molar refractivity (Wildman–Crippen MR) is 68.8 cm³/mol. The molecule has 0 spiro atoms. The summed E-state index contributed by atoms with van der Waals surface area (Å²) in [6.07, 6.45) is 1.57. The molecule has 3 heteroatoms. The highest BCUT2D eigenvalue weighted by Crippen LogP contribution is 2.14. The number of hydrogen-bond acceptors (Lipinski definition) is 3. The van der Waals surface area contributed by atoms with Gasteiger partial charge in [-0.15, -0.1) is 0 Å². The predicted octanol–water partition coefficient (Wildman–Crippen LogP) is 1.87. The fourth-order valence-electron chi connectivity index (χ4n) is 2.18. The fourth-order valence-corrected chi connectivity index (χ4v) is 2.18. The van der Waals surface area contributed by atoms with Crippen LogP contribution in [0.25, 0.3) is 0 Å². The first-order valence-electron chi connectivity index (χ1n) is 6.65. The molecule has 1 rings (SSSR count). The van der Waals surface area contributed by atoms with Crippen molar-refractivity contribution in [1.82, 2.24) is 10.2 Å². The molecule has 0 bridgehead atoms. The number of ether oxygens (including phenoxy) is 1. The Hall–Kier alpha value is -0.120. The van der Waals surface area contributed by atoms with Gasteiger partial charge in [0.2, 0.25) is 0 Å². The maximum Gasteiger partial charge on any atom is 0.0674 e. The lowest BCUT2D eigenvalue weighted by Gasteiger charge is -2.41. The molecule has 1 fully saturated rings. The Morgan fingerprint density at radius 1 is 1.38 bits per heavy atom. The van der Waals surface area contributed by atoms with Gasteiger partial charge in [0.25, 0.3) is 0 Å². The third-order valence-corrected chi connectivity index (χ3v) is 3.60. The highest BCUT2D eigenvalue weighted by atomic mass is 16.5. The Balaban J connectivity index is 2.36. The van der Waals surface area contributed by atoms with E-state index in [9.17, 15) is 0 Å². The zero-order valence-electron chi connectivity index (χ0n) is 11.5. The van der Waals surface area contributed by atoms with E-state index in [1.54, 1.807) is 0 Å². The first-order valence-corrected chi connectivity index (χ1v) is 6.65. The smallest absolute Gasteiger partial charge is 0.0674 e. The van der Waals surface area contributed by atoms with Crippen molar-refractivity contribution in [3.8, 4) is 0 Å². The van der Waals surface area contributed by atoms with Crippen LogP contribution < -0.4 is 5.32 Å². The highest BCUT2D eigenvalue weighted by Gasteiger charge is 2.27. The summed E-state index contributed by atoms with van der Waals surface area (Å²) in [6, 6.07) is 1.76. The van der Waals surface area contributed by atoms with Crippen molar-refractivity contribution < 1.29 is 4.74 Å². The minimum absolute atomic E-state index is 0.377. The van der Waals surface area contributed by atoms with Crippen molar-refractivity contribution in [2.24, 2.45) is 0 Å². The van der Waals surface area contributed by atoms with E-state index in [0.717, 1.165) is 19.7 Å². The van der Waals surface area contributed by atoms with Gasteiger partial charge in [0.15, 0.2) is 0 Å². The molecule has 96 valence electrons. The molecule has 4 atom stereocenters. The monoisotopic (exact) mass is 228 g/mol. The topological polar surface area (TPSA) is 24.5 Å². The Morgan fingerprint density at radius 2 is 2.06 bits per heavy atom. The molecule has 4 unspecified atom stereocenters. The molecular weight excluding hydrogens is 200 g/mol. The maximum atomic E-state index is 5.66. The van der Waals surface area contributed by atoms with E-state index in [0.29, 0.717) is 24.2 Å². The Bertz CT molecular complexity index is 198. The fraction of sp³-hybridized carbons (Fsp3) is 1.00. The molecule has 1 N–H and O–H groups in total. The van der Waals surface area contributed by atoms with E-state index in [1.165, 1.54) is 6.42 Å². The number of nitrogens with one attached hydrogen (secondary N) is 1. The van der Waals surface area contributed by atoms with Gasteiger partial charge in [0.05, 0.1) is 12.7 Å². The summed E-state index contributed by atoms with van der Waals surface area (Å²) in [5.41, 5.74) is 0. The molecule has 1 aliphatic heterocycles. The third kappa shape index (κ3) is 4.04. The SMILES string of the molecule is CCC(C)NCC(C)N1CC(C)OCC1C. The van der Waals surface area contributed by atoms with E-state index in [1.807, 2.05) is 0 Å². The molecular formula is C13H28N2O. The maximum absolute atomic E-state index is 5.66. The van der Waals surface area contributed by atoms with Crippen LogP contribution in [0.2, 0.25) is 0 Å². The Kier molecular flexibility index (Phi) is 5.73. The molecule has 1 aliphatic rings. The summed E-state index contributed by atoms with van der Waals surface area (Å²) in [5.74, 6) is 0. The van der Waals surface area contributed by atoms with Crippen LogP contribution in [0, 0.1) is 0 Å². The van der Waals surface area contributed by atoms with E-state index >= 15 is 0 Å². The largest absolute Gasteiger partial charge is 0.376 e. The van der Waals surface area contributed by atoms with Gasteiger partial charge in [-0.25, -0.2) is 0 Å². The van der Waals surface area contributed by atoms with Crippen LogP contribution >= 0.6 is 0 Å². The van der Waals surface area contributed by atoms with Gasteiger partial charge >= 0.3 is 0 Å². The van der Waals surface area contributed by atoms with Gasteiger partial charge in [-0.2, -0.15) is 0 Å². The zero-order chi connectivity index (χ0) is 12.1. The average molecular weight is 228 g/mol. The number of nitrogens with zero attached hydrogens (tertiary/aromatic N) is 1. The van der Waals surface area contributed by atoms with Crippen molar-refractivity contribution in [2.75, 3.05) is 19.7 Å². The lowest BCUT2D eigenvalue weighted by Crippen LogP contribution is -2.54. The first kappa shape index (κ1) is 13.9. The third-order valence-electron chi connectivity index (χ3n) is 3.60. The second kappa shape index (κ2) is 6.58. The minimum atomic E-state index is 0.377. The molecule has 0 saturated carbocycles. The van der Waals surface area contributed by atoms with Crippen molar-refractivity contribution in [3.63, 3.8) is 0 Å². The highest BCUT2D eigenvalue weighted by molar-refractivity contribution is 4.81. The van der Waals surface area contributed by atoms with Crippen molar-refractivity contribution in [1.29, 1.82) is 0 Å². The summed E-state index contributed by atoms with van der Waals surface area (Å²) in [7, 11) is 0. The summed E-state index contributed by atoms with van der Waals surface area (Å²) in [4.78, 5) is 2.56. The minimum Gasteiger partial charge on any atom is -0.376 e. The number of rotatable bonds is 5. The Labute approximate surface area is 101 Å². The number of hydrogen-bond donors (Lipinski definition) is 1. The molecule has 16 heavy (non-hydrogen) atoms. The normalized spacial score (nSPS) is 31.3. The van der Waals surface area contributed by atoms with Crippen LogP contribution in [0.4, 0.5) is 0 Å². The number of morpholine rings is 1. The molecule has 0 aromatic rings. The van der Waals surface area contributed by atoms with Crippen molar-refractivity contribution in [3.05, 3.63) is 0 Å². The van der Waals surface area contributed by atoms with Crippen LogP contribution in [-0.2, 0) is 4.74 Å². The van der Waals surface area contributed by atoms with E-state index in [4.69, 9.17) is 4.74 Å². The van der Waals surface area contributed by atoms with E-state index in [2.05, 4.69) is 44.8 Å². The molecule has 0 radical (unpaired) electrons. The Morgan fingerprint density at radius 3 is 2.69 bits per heavy atom. The quantitative estimate of drug-likeness (QED) is 0.777. The van der Waals surface area contributed by atoms with Gasteiger partial charge in [0, 0.05) is 31.2 Å². The van der Waals surface area contributed by atoms with Gasteiger partial charge in [-0.3, -0.25) is 4.90 Å². The standard InChI is InChI=1S/C13H28N2O/c1-6-10(2)14-7-11(3)15-8-13(5)16-9-12(15)4/h10-14H,6-9H2,1-5H3. The van der Waals surface area contributed by atoms with Crippen LogP contribution in [0.1, 0.15) is 41.0 Å². The molecule has 0 amide bonds. The average Bonchev–Trinajstić information content (AvgIpc) is 2.28.